The minimum absolute atomic E-state index is 0.0464. The van der Waals surface area contributed by atoms with Gasteiger partial charge in [0.05, 0.1) is 0 Å². The summed E-state index contributed by atoms with van der Waals surface area (Å²) in [6, 6.07) is -3.24. The van der Waals surface area contributed by atoms with Crippen LogP contribution in [0.2, 0.25) is 0 Å². The Morgan fingerprint density at radius 2 is 0.754 bits per heavy atom. The van der Waals surface area contributed by atoms with E-state index >= 15 is 0 Å². The summed E-state index contributed by atoms with van der Waals surface area (Å²) in [4.78, 5) is 76.4. The maximum atomic E-state index is 13.6. The van der Waals surface area contributed by atoms with Gasteiger partial charge < -0.3 is 61.4 Å². The predicted octanol–water partition coefficient (Wildman–Crippen LogP) is 2.02. The van der Waals surface area contributed by atoms with Crippen LogP contribution in [0.15, 0.2) is 15.0 Å². The van der Waals surface area contributed by atoms with E-state index in [9.17, 15) is 24.0 Å². The minimum Gasteiger partial charge on any atom is -0.370 e. The average molecular weight is 865 g/mol. The molecule has 0 aromatic rings. The topological polar surface area (TPSA) is 353 Å². The number of nitrogens with two attached hydrogens (primary N) is 7. The molecule has 0 unspecified atom stereocenters. The van der Waals surface area contributed by atoms with Gasteiger partial charge in [-0.2, -0.15) is 0 Å². The zero-order chi connectivity index (χ0) is 45.5. The molecule has 0 saturated heterocycles. The Kier molecular flexibility index (Phi) is 35.1. The monoisotopic (exact) mass is 865 g/mol. The molecule has 61 heavy (non-hydrogen) atoms. The van der Waals surface area contributed by atoms with Crippen molar-refractivity contribution < 1.29 is 24.0 Å². The fourth-order valence-corrected chi connectivity index (χ4v) is 6.72. The Morgan fingerprint density at radius 1 is 0.410 bits per heavy atom. The number of primary amides is 1. The molecule has 3 atom stereocenters. The van der Waals surface area contributed by atoms with Crippen LogP contribution in [-0.4, -0.2) is 91.7 Å². The second-order valence-corrected chi connectivity index (χ2v) is 15.9. The van der Waals surface area contributed by atoms with Gasteiger partial charge >= 0.3 is 0 Å². The largest absolute Gasteiger partial charge is 0.370 e. The highest BCUT2D eigenvalue weighted by molar-refractivity contribution is 5.94. The van der Waals surface area contributed by atoms with Crippen LogP contribution in [0, 0.1) is 0 Å². The quantitative estimate of drug-likeness (QED) is 0.0240. The lowest BCUT2D eigenvalue weighted by Gasteiger charge is -2.25. The highest BCUT2D eigenvalue weighted by Gasteiger charge is 2.29. The second-order valence-electron chi connectivity index (χ2n) is 15.9. The third kappa shape index (κ3) is 35.6. The highest BCUT2D eigenvalue weighted by Crippen LogP contribution is 2.14. The van der Waals surface area contributed by atoms with Crippen molar-refractivity contribution in [2.75, 3.05) is 26.2 Å². The van der Waals surface area contributed by atoms with Crippen LogP contribution in [-0.2, 0) is 24.0 Å². The van der Waals surface area contributed by atoms with Crippen molar-refractivity contribution in [3.05, 3.63) is 0 Å². The number of aliphatic imine (C=N–C) groups is 3. The number of hydrogen-bond donors (Lipinski definition) is 11. The van der Waals surface area contributed by atoms with E-state index in [1.54, 1.807) is 0 Å². The van der Waals surface area contributed by atoms with Gasteiger partial charge in [-0.05, 0) is 51.4 Å². The van der Waals surface area contributed by atoms with Gasteiger partial charge in [-0.15, -0.1) is 0 Å². The highest BCUT2D eigenvalue weighted by atomic mass is 16.2. The Labute approximate surface area is 365 Å². The lowest BCUT2D eigenvalue weighted by molar-refractivity contribution is -0.133. The van der Waals surface area contributed by atoms with Gasteiger partial charge in [-0.25, -0.2) is 0 Å². The average Bonchev–Trinajstić information content (AvgIpc) is 3.20. The van der Waals surface area contributed by atoms with Crippen molar-refractivity contribution in [2.45, 2.75) is 192 Å². The van der Waals surface area contributed by atoms with Crippen LogP contribution in [0.25, 0.3) is 0 Å². The summed E-state index contributed by atoms with van der Waals surface area (Å²) in [7, 11) is 0. The SMILES string of the molecule is CCCCCCCCCCCCCCCCCCCC(=O)NCCCC(=O)N[C@@H](CCCN=C(N)N)C(=O)N[C@@H](CCCN=C(N)N)C(=O)N[C@@H](CCCN=C(N)N)C(N)=O. The molecule has 0 heterocycles. The Morgan fingerprint density at radius 3 is 1.15 bits per heavy atom. The van der Waals surface area contributed by atoms with Crippen LogP contribution in [0.5, 0.6) is 0 Å². The van der Waals surface area contributed by atoms with E-state index in [1.165, 1.54) is 89.9 Å². The van der Waals surface area contributed by atoms with E-state index in [2.05, 4.69) is 43.2 Å². The fraction of sp³-hybridized carbons (Fsp3) is 0.810. The van der Waals surface area contributed by atoms with E-state index < -0.39 is 41.8 Å². The van der Waals surface area contributed by atoms with Gasteiger partial charge in [0, 0.05) is 39.0 Å². The van der Waals surface area contributed by atoms with Crippen molar-refractivity contribution in [1.29, 1.82) is 0 Å². The number of rotatable bonds is 40. The number of unbranched alkanes of at least 4 members (excludes halogenated alkanes) is 16. The molecule has 18 N–H and O–H groups in total. The summed E-state index contributed by atoms with van der Waals surface area (Å²) >= 11 is 0. The smallest absolute Gasteiger partial charge is 0.243 e. The Hall–Kier alpha value is -4.84. The van der Waals surface area contributed by atoms with Crippen LogP contribution in [0.4, 0.5) is 0 Å². The van der Waals surface area contributed by atoms with E-state index in [-0.39, 0.29) is 69.1 Å². The molecule has 0 rings (SSSR count). The van der Waals surface area contributed by atoms with E-state index in [0.29, 0.717) is 38.6 Å². The molecule has 0 aliphatic rings. The molecule has 0 aliphatic heterocycles. The first-order valence-corrected chi connectivity index (χ1v) is 22.9. The number of nitrogens with one attached hydrogen (secondary N) is 4. The van der Waals surface area contributed by atoms with Crippen molar-refractivity contribution in [1.82, 2.24) is 21.3 Å². The number of amides is 5. The maximum Gasteiger partial charge on any atom is 0.243 e. The van der Waals surface area contributed by atoms with E-state index in [4.69, 9.17) is 40.1 Å². The lowest BCUT2D eigenvalue weighted by Crippen LogP contribution is -2.56. The number of hydrogen-bond acceptors (Lipinski definition) is 8. The second kappa shape index (κ2) is 38.1. The van der Waals surface area contributed by atoms with Crippen molar-refractivity contribution >= 4 is 47.4 Å². The number of carbonyl (C=O) groups is 5. The van der Waals surface area contributed by atoms with Crippen LogP contribution >= 0.6 is 0 Å². The zero-order valence-corrected chi connectivity index (χ0v) is 37.4. The summed E-state index contributed by atoms with van der Waals surface area (Å²) in [6.07, 6.45) is 24.0. The molecule has 19 heteroatoms. The third-order valence-electron chi connectivity index (χ3n) is 10.2. The first kappa shape index (κ1) is 56.2. The number of carbonyl (C=O) groups excluding carboxylic acids is 5. The predicted molar refractivity (Wildman–Crippen MR) is 246 cm³/mol. The molecule has 0 saturated carbocycles. The maximum absolute atomic E-state index is 13.6. The van der Waals surface area contributed by atoms with Gasteiger partial charge in [-0.1, -0.05) is 110 Å². The van der Waals surface area contributed by atoms with E-state index in [1.807, 2.05) is 0 Å². The van der Waals surface area contributed by atoms with Crippen molar-refractivity contribution in [3.8, 4) is 0 Å². The molecule has 0 spiro atoms. The molecule has 0 aromatic heterocycles. The fourth-order valence-electron chi connectivity index (χ4n) is 6.72. The van der Waals surface area contributed by atoms with Crippen LogP contribution in [0.3, 0.4) is 0 Å². The minimum atomic E-state index is -1.13. The molecule has 0 fully saturated rings. The molecule has 0 aliphatic carbocycles. The lowest BCUT2D eigenvalue weighted by atomic mass is 10.0. The third-order valence-corrected chi connectivity index (χ3v) is 10.2. The van der Waals surface area contributed by atoms with Gasteiger partial charge in [0.1, 0.15) is 18.1 Å². The standard InChI is InChI=1S/C42H84N14O5/c1-2-3-4-5-6-7-8-9-10-11-12-13-14-15-16-17-18-26-35(57)50-28-22-27-36(58)54-33(24-20-30-52-41(46)47)38(60)56-34(25-21-31-53-42(48)49)39(61)55-32(37(43)59)23-19-29-51-40(44)45/h32-34H,2-31H2,1H3,(H2,43,59)(H,50,57)(H,54,58)(H,55,61)(H,56,60)(H4,44,45,51)(H4,46,47,52)(H4,48,49,53)/t32-,33-,34-/m0/s1. The van der Waals surface area contributed by atoms with Gasteiger partial charge in [0.25, 0.3) is 0 Å². The molecule has 352 valence electrons. The summed E-state index contributed by atoms with van der Waals surface area (Å²) < 4.78 is 0. The first-order valence-electron chi connectivity index (χ1n) is 22.9. The molecular formula is C42H84N14O5. The molecule has 0 aromatic carbocycles. The molecule has 5 amide bonds. The molecule has 19 nitrogen and oxygen atoms in total. The molecule has 0 radical (unpaired) electrons. The van der Waals surface area contributed by atoms with Crippen LogP contribution in [0.1, 0.15) is 174 Å². The summed E-state index contributed by atoms with van der Waals surface area (Å²) in [5.41, 5.74) is 38.0. The number of nitrogens with zero attached hydrogens (tertiary/aromatic N) is 3. The van der Waals surface area contributed by atoms with E-state index in [0.717, 1.165) is 19.3 Å². The van der Waals surface area contributed by atoms with Crippen molar-refractivity contribution in [2.24, 2.45) is 55.1 Å². The molecule has 0 bridgehead atoms. The summed E-state index contributed by atoms with van der Waals surface area (Å²) in [5.74, 6) is -2.89. The Balaban J connectivity index is 4.85. The first-order chi connectivity index (χ1) is 29.3. The zero-order valence-electron chi connectivity index (χ0n) is 37.4. The van der Waals surface area contributed by atoms with Gasteiger partial charge in [0.15, 0.2) is 17.9 Å². The summed E-state index contributed by atoms with van der Waals surface area (Å²) in [6.45, 7) is 3.17. The number of guanidine groups is 3. The van der Waals surface area contributed by atoms with Gasteiger partial charge in [-0.3, -0.25) is 38.9 Å². The summed E-state index contributed by atoms with van der Waals surface area (Å²) in [5, 5.41) is 10.9. The van der Waals surface area contributed by atoms with Crippen molar-refractivity contribution in [3.63, 3.8) is 0 Å². The Bertz CT molecular complexity index is 1300. The van der Waals surface area contributed by atoms with Crippen LogP contribution < -0.4 is 61.4 Å². The normalized spacial score (nSPS) is 12.3. The van der Waals surface area contributed by atoms with Gasteiger partial charge in [0.2, 0.25) is 29.5 Å². The molecular weight excluding hydrogens is 781 g/mol.